The van der Waals surface area contributed by atoms with Crippen molar-refractivity contribution >= 4 is 28.8 Å². The van der Waals surface area contributed by atoms with Gasteiger partial charge in [-0.25, -0.2) is 9.97 Å². The van der Waals surface area contributed by atoms with E-state index in [-0.39, 0.29) is 0 Å². The van der Waals surface area contributed by atoms with Crippen LogP contribution in [0, 0.1) is 0 Å². The maximum Gasteiger partial charge on any atom is 0.241 e. The molecule has 0 spiro atoms. The summed E-state index contributed by atoms with van der Waals surface area (Å²) >= 11 is 0. The minimum absolute atomic E-state index is 0.384. The van der Waals surface area contributed by atoms with Gasteiger partial charge in [-0.05, 0) is 6.08 Å². The first kappa shape index (κ1) is 10.2. The van der Waals surface area contributed by atoms with Gasteiger partial charge in [0.2, 0.25) is 5.91 Å². The Morgan fingerprint density at radius 2 is 2.25 bits per heavy atom. The van der Waals surface area contributed by atoms with Crippen LogP contribution in [0.5, 0.6) is 0 Å². The highest BCUT2D eigenvalue weighted by molar-refractivity contribution is 5.98. The Kier molecular flexibility index (Phi) is 2.32. The number of anilines is 1. The number of rotatable bonds is 2. The lowest BCUT2D eigenvalue weighted by Crippen LogP contribution is -2.05. The molecule has 2 aromatic heterocycles. The molecule has 2 aromatic rings. The summed E-state index contributed by atoms with van der Waals surface area (Å²) in [5.41, 5.74) is 12.3. The van der Waals surface area contributed by atoms with Crippen LogP contribution in [-0.2, 0) is 11.8 Å². The molecule has 0 bridgehead atoms. The summed E-state index contributed by atoms with van der Waals surface area (Å²) in [5.74, 6) is -0.123. The van der Waals surface area contributed by atoms with Crippen molar-refractivity contribution in [2.75, 3.05) is 5.73 Å². The summed E-state index contributed by atoms with van der Waals surface area (Å²) in [6, 6.07) is 0. The average molecular weight is 217 g/mol. The van der Waals surface area contributed by atoms with E-state index in [0.29, 0.717) is 5.82 Å². The van der Waals surface area contributed by atoms with Crippen LogP contribution in [0.2, 0.25) is 0 Å². The fourth-order valence-corrected chi connectivity index (χ4v) is 1.57. The van der Waals surface area contributed by atoms with E-state index in [9.17, 15) is 4.79 Å². The zero-order valence-electron chi connectivity index (χ0n) is 8.71. The Labute approximate surface area is 91.6 Å². The van der Waals surface area contributed by atoms with Crippen LogP contribution in [0.25, 0.3) is 17.1 Å². The van der Waals surface area contributed by atoms with E-state index in [0.717, 1.165) is 16.6 Å². The molecule has 0 aliphatic carbocycles. The number of fused-ring (bicyclic) bond motifs is 1. The Bertz CT molecular complexity index is 584. The Balaban J connectivity index is 2.66. The highest BCUT2D eigenvalue weighted by Gasteiger charge is 2.09. The Morgan fingerprint density at radius 1 is 1.50 bits per heavy atom. The summed E-state index contributed by atoms with van der Waals surface area (Å²) in [6.45, 7) is 0. The minimum Gasteiger partial charge on any atom is -0.383 e. The molecule has 0 unspecified atom stereocenters. The zero-order valence-corrected chi connectivity index (χ0v) is 8.71. The van der Waals surface area contributed by atoms with Gasteiger partial charge in [-0.1, -0.05) is 0 Å². The topological polar surface area (TPSA) is 99.8 Å². The zero-order chi connectivity index (χ0) is 11.7. The van der Waals surface area contributed by atoms with E-state index < -0.39 is 5.91 Å². The van der Waals surface area contributed by atoms with Gasteiger partial charge in [0.05, 0.1) is 5.39 Å². The van der Waals surface area contributed by atoms with Gasteiger partial charge in [-0.2, -0.15) is 0 Å². The molecule has 0 atom stereocenters. The number of aryl methyl sites for hydroxylation is 1. The number of nitrogens with zero attached hydrogens (tertiary/aromatic N) is 3. The SMILES string of the molecule is Cn1cc(C=CC(N)=O)c2c(N)ncnc21. The largest absolute Gasteiger partial charge is 0.383 e. The van der Waals surface area contributed by atoms with Crippen LogP contribution < -0.4 is 11.5 Å². The molecule has 0 radical (unpaired) electrons. The smallest absolute Gasteiger partial charge is 0.241 e. The van der Waals surface area contributed by atoms with Crippen molar-refractivity contribution in [3.63, 3.8) is 0 Å². The van der Waals surface area contributed by atoms with Crippen LogP contribution in [0.4, 0.5) is 5.82 Å². The predicted octanol–water partition coefficient (Wildman–Crippen LogP) is 0.0490. The van der Waals surface area contributed by atoms with E-state index in [4.69, 9.17) is 11.5 Å². The second-order valence-electron chi connectivity index (χ2n) is 3.39. The summed E-state index contributed by atoms with van der Waals surface area (Å²) in [7, 11) is 1.84. The molecule has 6 heteroatoms. The predicted molar refractivity (Wildman–Crippen MR) is 61.1 cm³/mol. The van der Waals surface area contributed by atoms with Crippen molar-refractivity contribution in [2.24, 2.45) is 12.8 Å². The number of aromatic nitrogens is 3. The lowest BCUT2D eigenvalue weighted by atomic mass is 10.2. The quantitative estimate of drug-likeness (QED) is 0.694. The third-order valence-corrected chi connectivity index (χ3v) is 2.24. The third-order valence-electron chi connectivity index (χ3n) is 2.24. The standard InChI is InChI=1S/C10H11N5O/c1-15-4-6(2-3-7(11)16)8-9(12)13-5-14-10(8)15/h2-5H,1H3,(H2,11,16)(H2,12,13,14). The molecule has 0 saturated carbocycles. The van der Waals surface area contributed by atoms with Gasteiger partial charge in [-0.15, -0.1) is 0 Å². The first-order valence-corrected chi connectivity index (χ1v) is 4.62. The normalized spacial score (nSPS) is 11.3. The molecule has 2 rings (SSSR count). The molecule has 4 N–H and O–H groups in total. The Morgan fingerprint density at radius 3 is 2.94 bits per heavy atom. The summed E-state index contributed by atoms with van der Waals surface area (Å²) in [5, 5.41) is 0.725. The van der Waals surface area contributed by atoms with Gasteiger partial charge in [0.1, 0.15) is 17.8 Å². The van der Waals surface area contributed by atoms with Gasteiger partial charge < -0.3 is 16.0 Å². The average Bonchev–Trinajstić information content (AvgIpc) is 2.55. The molecule has 1 amide bonds. The molecule has 0 saturated heterocycles. The molecular weight excluding hydrogens is 206 g/mol. The van der Waals surface area contributed by atoms with E-state index in [1.54, 1.807) is 6.08 Å². The molecule has 6 nitrogen and oxygen atoms in total. The highest BCUT2D eigenvalue weighted by Crippen LogP contribution is 2.23. The molecule has 0 aromatic carbocycles. The van der Waals surface area contributed by atoms with Gasteiger partial charge in [0.15, 0.2) is 0 Å². The van der Waals surface area contributed by atoms with Crippen LogP contribution in [0.1, 0.15) is 5.56 Å². The monoisotopic (exact) mass is 217 g/mol. The van der Waals surface area contributed by atoms with Crippen molar-refractivity contribution < 1.29 is 4.79 Å². The fraction of sp³-hybridized carbons (Fsp3) is 0.100. The van der Waals surface area contributed by atoms with Gasteiger partial charge in [0, 0.05) is 24.9 Å². The fourth-order valence-electron chi connectivity index (χ4n) is 1.57. The molecule has 0 aliphatic heterocycles. The highest BCUT2D eigenvalue weighted by atomic mass is 16.1. The summed E-state index contributed by atoms with van der Waals surface area (Å²) < 4.78 is 1.81. The van der Waals surface area contributed by atoms with E-state index in [1.807, 2.05) is 17.8 Å². The lowest BCUT2D eigenvalue weighted by molar-refractivity contribution is -0.113. The lowest BCUT2D eigenvalue weighted by Gasteiger charge is -1.96. The maximum absolute atomic E-state index is 10.7. The van der Waals surface area contributed by atoms with Crippen molar-refractivity contribution in [3.05, 3.63) is 24.2 Å². The maximum atomic E-state index is 10.7. The molecule has 0 fully saturated rings. The van der Waals surface area contributed by atoms with E-state index in [1.165, 1.54) is 12.4 Å². The number of nitrogen functional groups attached to an aromatic ring is 1. The molecule has 0 aliphatic rings. The number of primary amides is 1. The van der Waals surface area contributed by atoms with Crippen LogP contribution in [0.15, 0.2) is 18.6 Å². The van der Waals surface area contributed by atoms with Crippen molar-refractivity contribution in [1.29, 1.82) is 0 Å². The number of carbonyl (C=O) groups excluding carboxylic acids is 1. The third kappa shape index (κ3) is 1.60. The van der Waals surface area contributed by atoms with Crippen molar-refractivity contribution in [2.45, 2.75) is 0 Å². The second kappa shape index (κ2) is 3.65. The number of hydrogen-bond acceptors (Lipinski definition) is 4. The molecular formula is C10H11N5O. The second-order valence-corrected chi connectivity index (χ2v) is 3.39. The number of amides is 1. The molecule has 82 valence electrons. The van der Waals surface area contributed by atoms with Gasteiger partial charge in [-0.3, -0.25) is 4.79 Å². The van der Waals surface area contributed by atoms with Crippen molar-refractivity contribution in [1.82, 2.24) is 14.5 Å². The summed E-state index contributed by atoms with van der Waals surface area (Å²) in [4.78, 5) is 18.7. The van der Waals surface area contributed by atoms with Crippen LogP contribution >= 0.6 is 0 Å². The number of nitrogens with two attached hydrogens (primary N) is 2. The number of hydrogen-bond donors (Lipinski definition) is 2. The van der Waals surface area contributed by atoms with E-state index >= 15 is 0 Å². The van der Waals surface area contributed by atoms with Crippen LogP contribution in [-0.4, -0.2) is 20.4 Å². The van der Waals surface area contributed by atoms with Crippen LogP contribution in [0.3, 0.4) is 0 Å². The number of carbonyl (C=O) groups is 1. The summed E-state index contributed by atoms with van der Waals surface area (Å²) in [6.07, 6.45) is 6.10. The first-order valence-electron chi connectivity index (χ1n) is 4.62. The molecule has 16 heavy (non-hydrogen) atoms. The Hall–Kier alpha value is -2.37. The first-order chi connectivity index (χ1) is 7.59. The van der Waals surface area contributed by atoms with Gasteiger partial charge >= 0.3 is 0 Å². The van der Waals surface area contributed by atoms with E-state index in [2.05, 4.69) is 9.97 Å². The minimum atomic E-state index is -0.507. The molecule has 2 heterocycles. The van der Waals surface area contributed by atoms with Crippen molar-refractivity contribution in [3.8, 4) is 0 Å². The van der Waals surface area contributed by atoms with Gasteiger partial charge in [0.25, 0.3) is 0 Å².